The number of aromatic hydroxyl groups is 2. The number of phenolic OH excluding ortho intramolecular Hbond substituents is 2. The van der Waals surface area contributed by atoms with Crippen molar-refractivity contribution >= 4 is 36.0 Å². The van der Waals surface area contributed by atoms with Crippen LogP contribution in [0.1, 0.15) is 63.8 Å². The smallest absolute Gasteiger partial charge is 0.120 e. The average molecular weight is 484 g/mol. The molecule has 0 aliphatic rings. The van der Waals surface area contributed by atoms with Gasteiger partial charge in [0.05, 0.1) is 0 Å². The largest absolute Gasteiger partial charge is 0.508 e. The monoisotopic (exact) mass is 482 g/mol. The molecule has 0 radical (unpaired) electrons. The highest BCUT2D eigenvalue weighted by Crippen LogP contribution is 2.36. The Morgan fingerprint density at radius 3 is 1.22 bits per heavy atom. The fourth-order valence-corrected chi connectivity index (χ4v) is 3.93. The third-order valence-electron chi connectivity index (χ3n) is 6.23. The molecule has 0 unspecified atom stereocenters. The van der Waals surface area contributed by atoms with Crippen LogP contribution < -0.4 is 0 Å². The summed E-state index contributed by atoms with van der Waals surface area (Å²) in [6.45, 7) is 18.0. The minimum absolute atomic E-state index is 0. The minimum Gasteiger partial charge on any atom is -0.508 e. The molecule has 0 aliphatic carbocycles. The molecule has 2 aromatic rings. The van der Waals surface area contributed by atoms with Gasteiger partial charge in [0, 0.05) is 24.2 Å². The fourth-order valence-electron chi connectivity index (χ4n) is 3.93. The maximum Gasteiger partial charge on any atom is 0.120 e. The molecular formula is C26H40Cl2N2O2. The fraction of sp³-hybridized carbons (Fsp3) is 0.462. The highest BCUT2D eigenvalue weighted by atomic mass is 35.5. The lowest BCUT2D eigenvalue weighted by Gasteiger charge is -2.24. The van der Waals surface area contributed by atoms with Crippen molar-refractivity contribution in [2.45, 2.75) is 54.6 Å². The first-order valence-corrected chi connectivity index (χ1v) is 11.1. The lowest BCUT2D eigenvalue weighted by atomic mass is 9.90. The summed E-state index contributed by atoms with van der Waals surface area (Å²) in [5.74, 6) is 0.677. The molecule has 0 saturated carbocycles. The van der Waals surface area contributed by atoms with Crippen LogP contribution in [-0.4, -0.2) is 46.2 Å². The third-order valence-corrected chi connectivity index (χ3v) is 6.23. The topological polar surface area (TPSA) is 46.9 Å². The van der Waals surface area contributed by atoms with Crippen molar-refractivity contribution in [3.05, 3.63) is 58.7 Å². The van der Waals surface area contributed by atoms with Gasteiger partial charge in [-0.1, -0.05) is 52.0 Å². The quantitative estimate of drug-likeness (QED) is 0.375. The van der Waals surface area contributed by atoms with E-state index >= 15 is 0 Å². The van der Waals surface area contributed by atoms with Crippen molar-refractivity contribution in [3.8, 4) is 11.5 Å². The molecule has 0 saturated heterocycles. The summed E-state index contributed by atoms with van der Waals surface area (Å²) in [4.78, 5) is 4.61. The van der Waals surface area contributed by atoms with Gasteiger partial charge in [0.25, 0.3) is 0 Å². The molecule has 0 atom stereocenters. The molecule has 2 rings (SSSR count). The number of allylic oxidation sites excluding steroid dienone is 2. The van der Waals surface area contributed by atoms with E-state index < -0.39 is 0 Å². The predicted molar refractivity (Wildman–Crippen MR) is 142 cm³/mol. The molecule has 0 aliphatic heterocycles. The van der Waals surface area contributed by atoms with E-state index in [1.807, 2.05) is 12.1 Å². The minimum atomic E-state index is 0. The van der Waals surface area contributed by atoms with E-state index in [1.165, 1.54) is 0 Å². The number of rotatable bonds is 10. The van der Waals surface area contributed by atoms with Gasteiger partial charge in [-0.25, -0.2) is 0 Å². The first-order chi connectivity index (χ1) is 14.4. The lowest BCUT2D eigenvalue weighted by molar-refractivity contribution is 0.290. The number of benzene rings is 2. The van der Waals surface area contributed by atoms with Gasteiger partial charge in [0.1, 0.15) is 11.5 Å². The normalized spacial score (nSPS) is 11.8. The van der Waals surface area contributed by atoms with Crippen molar-refractivity contribution in [2.24, 2.45) is 0 Å². The maximum atomic E-state index is 10.6. The Balaban J connectivity index is 0.00000480. The van der Waals surface area contributed by atoms with E-state index in [0.717, 1.165) is 59.6 Å². The number of halogens is 2. The van der Waals surface area contributed by atoms with Gasteiger partial charge in [-0.2, -0.15) is 0 Å². The molecular weight excluding hydrogens is 443 g/mol. The Hall–Kier alpha value is -1.72. The van der Waals surface area contributed by atoms with Gasteiger partial charge >= 0.3 is 0 Å². The highest BCUT2D eigenvalue weighted by molar-refractivity contribution is 5.91. The first kappa shape index (κ1) is 30.3. The summed E-state index contributed by atoms with van der Waals surface area (Å²) >= 11 is 0. The van der Waals surface area contributed by atoms with Crippen molar-refractivity contribution in [3.63, 3.8) is 0 Å². The first-order valence-electron chi connectivity index (χ1n) is 11.1. The van der Waals surface area contributed by atoms with Crippen LogP contribution in [0.15, 0.2) is 36.4 Å². The zero-order valence-corrected chi connectivity index (χ0v) is 21.9. The van der Waals surface area contributed by atoms with E-state index in [2.05, 4.69) is 63.5 Å². The summed E-state index contributed by atoms with van der Waals surface area (Å²) < 4.78 is 0. The zero-order chi connectivity index (χ0) is 22.3. The van der Waals surface area contributed by atoms with Gasteiger partial charge in [-0.3, -0.25) is 9.80 Å². The molecule has 0 aromatic heterocycles. The second kappa shape index (κ2) is 14.4. The van der Waals surface area contributed by atoms with E-state index in [4.69, 9.17) is 0 Å². The molecule has 4 nitrogen and oxygen atoms in total. The molecule has 0 spiro atoms. The van der Waals surface area contributed by atoms with Crippen LogP contribution in [0.3, 0.4) is 0 Å². The Labute approximate surface area is 206 Å². The summed E-state index contributed by atoms with van der Waals surface area (Å²) in [6.07, 6.45) is 0. The molecule has 2 N–H and O–H groups in total. The van der Waals surface area contributed by atoms with Crippen LogP contribution >= 0.6 is 24.8 Å². The Morgan fingerprint density at radius 1 is 0.625 bits per heavy atom. The molecule has 180 valence electrons. The van der Waals surface area contributed by atoms with E-state index in [-0.39, 0.29) is 24.8 Å². The second-order valence-corrected chi connectivity index (χ2v) is 7.78. The van der Waals surface area contributed by atoms with Gasteiger partial charge in [-0.05, 0) is 74.4 Å². The number of hydrogen-bond donors (Lipinski definition) is 2. The number of hydrogen-bond acceptors (Lipinski definition) is 4. The summed E-state index contributed by atoms with van der Waals surface area (Å²) in [5.41, 5.74) is 6.30. The predicted octanol–water partition coefficient (Wildman–Crippen LogP) is 6.58. The average Bonchev–Trinajstić information content (AvgIpc) is 2.76. The molecule has 0 fully saturated rings. The Kier molecular flexibility index (Phi) is 13.7. The van der Waals surface area contributed by atoms with Crippen molar-refractivity contribution in [1.29, 1.82) is 0 Å². The van der Waals surface area contributed by atoms with Crippen molar-refractivity contribution in [1.82, 2.24) is 9.80 Å². The molecule has 32 heavy (non-hydrogen) atoms. The van der Waals surface area contributed by atoms with Crippen molar-refractivity contribution < 1.29 is 10.2 Å². The number of phenols is 2. The summed E-state index contributed by atoms with van der Waals surface area (Å²) in [7, 11) is 0. The summed E-state index contributed by atoms with van der Waals surface area (Å²) in [6, 6.07) is 11.5. The summed E-state index contributed by atoms with van der Waals surface area (Å²) in [5, 5.41) is 21.2. The van der Waals surface area contributed by atoms with Crippen LogP contribution in [-0.2, 0) is 13.1 Å². The third kappa shape index (κ3) is 7.14. The Morgan fingerprint density at radius 2 is 0.938 bits per heavy atom. The highest BCUT2D eigenvalue weighted by Gasteiger charge is 2.17. The van der Waals surface area contributed by atoms with E-state index in [1.54, 1.807) is 12.1 Å². The van der Waals surface area contributed by atoms with Gasteiger partial charge < -0.3 is 10.2 Å². The van der Waals surface area contributed by atoms with Gasteiger partial charge in [0.2, 0.25) is 0 Å². The van der Waals surface area contributed by atoms with E-state index in [9.17, 15) is 10.2 Å². The van der Waals surface area contributed by atoms with Crippen LogP contribution in [0.4, 0.5) is 0 Å². The van der Waals surface area contributed by atoms with Crippen LogP contribution in [0.25, 0.3) is 11.1 Å². The van der Waals surface area contributed by atoms with Crippen molar-refractivity contribution in [2.75, 3.05) is 26.2 Å². The number of nitrogens with zero attached hydrogens (tertiary/aromatic N) is 2. The molecule has 0 bridgehead atoms. The second-order valence-electron chi connectivity index (χ2n) is 7.78. The molecule has 6 heteroatoms. The van der Waals surface area contributed by atoms with Crippen LogP contribution in [0, 0.1) is 0 Å². The lowest BCUT2D eigenvalue weighted by Crippen LogP contribution is -2.23. The standard InChI is InChI=1S/C26H38N2O2.2ClH/c1-7-27(8-2)17-23-21(13-11-15-25(23)29)19(5)20(6)22-14-12-16-26(30)24(22)18-28(9-3)10-4;;/h11-16,29-30H,7-10,17-18H2,1-6H3;2*1H. The Bertz CT molecular complexity index is 805. The van der Waals surface area contributed by atoms with Crippen LogP contribution in [0.5, 0.6) is 11.5 Å². The molecule has 2 aromatic carbocycles. The maximum absolute atomic E-state index is 10.6. The SMILES string of the molecule is CCN(CC)Cc1c(O)cccc1C(C)=C(C)c1cccc(O)c1CN(CC)CC.Cl.Cl. The molecule has 0 heterocycles. The van der Waals surface area contributed by atoms with E-state index in [0.29, 0.717) is 24.6 Å². The zero-order valence-electron chi connectivity index (χ0n) is 20.3. The van der Waals surface area contributed by atoms with Gasteiger partial charge in [0.15, 0.2) is 0 Å². The van der Waals surface area contributed by atoms with Crippen LogP contribution in [0.2, 0.25) is 0 Å². The molecule has 0 amide bonds. The van der Waals surface area contributed by atoms with Gasteiger partial charge in [-0.15, -0.1) is 24.8 Å².